The van der Waals surface area contributed by atoms with Gasteiger partial charge >= 0.3 is 0 Å². The van der Waals surface area contributed by atoms with Crippen LogP contribution in [0, 0.1) is 0 Å². The Morgan fingerprint density at radius 3 is 1.33 bits per heavy atom. The van der Waals surface area contributed by atoms with Gasteiger partial charge < -0.3 is 0 Å². The lowest BCUT2D eigenvalue weighted by molar-refractivity contribution is 0.708. The molecule has 0 saturated heterocycles. The van der Waals surface area contributed by atoms with Gasteiger partial charge in [-0.2, -0.15) is 0 Å². The highest BCUT2D eigenvalue weighted by atomic mass is 35.5. The highest BCUT2D eigenvalue weighted by Crippen LogP contribution is 2.39. The van der Waals surface area contributed by atoms with Crippen LogP contribution in [0.15, 0.2) is 21.2 Å². The van der Waals surface area contributed by atoms with E-state index in [1.807, 2.05) is 0 Å². The van der Waals surface area contributed by atoms with Gasteiger partial charge in [-0.05, 0) is 38.5 Å². The van der Waals surface area contributed by atoms with E-state index in [9.17, 15) is 0 Å². The van der Waals surface area contributed by atoms with Crippen molar-refractivity contribution in [1.82, 2.24) is 0 Å². The molecular formula is C10H12Cl2. The molecule has 2 aliphatic rings. The smallest absolute Gasteiger partial charge is 0.0176 e. The molecule has 0 spiro atoms. The van der Waals surface area contributed by atoms with E-state index in [0.717, 1.165) is 35.7 Å². The average Bonchev–Trinajstić information content (AvgIpc) is 2.06. The maximum absolute atomic E-state index is 5.93. The maximum Gasteiger partial charge on any atom is 0.0176 e. The van der Waals surface area contributed by atoms with Crippen molar-refractivity contribution < 1.29 is 0 Å². The van der Waals surface area contributed by atoms with Gasteiger partial charge in [-0.3, -0.25) is 0 Å². The molecule has 0 N–H and O–H groups in total. The van der Waals surface area contributed by atoms with E-state index in [1.165, 1.54) is 24.0 Å². The summed E-state index contributed by atoms with van der Waals surface area (Å²) in [5.41, 5.74) is 2.92. The van der Waals surface area contributed by atoms with Crippen LogP contribution in [0.25, 0.3) is 0 Å². The second-order valence-corrected chi connectivity index (χ2v) is 4.43. The van der Waals surface area contributed by atoms with E-state index in [2.05, 4.69) is 0 Å². The van der Waals surface area contributed by atoms with Crippen molar-refractivity contribution in [3.8, 4) is 0 Å². The van der Waals surface area contributed by atoms with Crippen LogP contribution >= 0.6 is 23.2 Å². The summed E-state index contributed by atoms with van der Waals surface area (Å²) < 4.78 is 0. The third-order valence-corrected chi connectivity index (χ3v) is 3.70. The van der Waals surface area contributed by atoms with Gasteiger partial charge in [0.2, 0.25) is 0 Å². The van der Waals surface area contributed by atoms with Gasteiger partial charge in [-0.15, -0.1) is 0 Å². The van der Waals surface area contributed by atoms with Gasteiger partial charge in [0.1, 0.15) is 0 Å². The molecule has 0 aromatic rings. The maximum atomic E-state index is 5.93. The highest BCUT2D eigenvalue weighted by Gasteiger charge is 2.18. The van der Waals surface area contributed by atoms with Crippen LogP contribution < -0.4 is 0 Å². The summed E-state index contributed by atoms with van der Waals surface area (Å²) in [4.78, 5) is 0. The quantitative estimate of drug-likeness (QED) is 0.639. The molecule has 0 atom stereocenters. The Labute approximate surface area is 83.2 Å². The fraction of sp³-hybridized carbons (Fsp3) is 0.600. The first-order chi connectivity index (χ1) is 5.77. The molecular weight excluding hydrogens is 191 g/mol. The Hall–Kier alpha value is 0.0600. The fourth-order valence-electron chi connectivity index (χ4n) is 1.62. The van der Waals surface area contributed by atoms with E-state index >= 15 is 0 Å². The standard InChI is InChI=1S/C10H12Cl2/c11-9-5-3-7(9)1-2-8-4-6-10(8)12/h1-6H2. The lowest BCUT2D eigenvalue weighted by Crippen LogP contribution is -2.03. The molecule has 0 saturated carbocycles. The van der Waals surface area contributed by atoms with E-state index < -0.39 is 0 Å². The van der Waals surface area contributed by atoms with Gasteiger partial charge in [-0.1, -0.05) is 34.3 Å². The third-order valence-electron chi connectivity index (χ3n) is 2.79. The van der Waals surface area contributed by atoms with Crippen molar-refractivity contribution >= 4 is 23.2 Å². The van der Waals surface area contributed by atoms with Crippen LogP contribution in [-0.2, 0) is 0 Å². The van der Waals surface area contributed by atoms with Crippen molar-refractivity contribution in [2.45, 2.75) is 38.5 Å². The molecule has 2 rings (SSSR count). The minimum atomic E-state index is 1.10. The second-order valence-electron chi connectivity index (χ2n) is 3.52. The first-order valence-electron chi connectivity index (χ1n) is 4.50. The molecule has 12 heavy (non-hydrogen) atoms. The Balaban J connectivity index is 1.83. The molecule has 0 fully saturated rings. The predicted molar refractivity (Wildman–Crippen MR) is 53.5 cm³/mol. The summed E-state index contributed by atoms with van der Waals surface area (Å²) in [6, 6.07) is 0. The third kappa shape index (κ3) is 1.55. The normalized spacial score (nSPS) is 22.5. The van der Waals surface area contributed by atoms with E-state index in [4.69, 9.17) is 23.2 Å². The SMILES string of the molecule is ClC1=C(CCC2=C(Cl)CC2)CC1. The Kier molecular flexibility index (Phi) is 2.47. The molecule has 0 aromatic carbocycles. The molecule has 0 radical (unpaired) electrons. The van der Waals surface area contributed by atoms with Crippen molar-refractivity contribution in [2.24, 2.45) is 0 Å². The molecule has 0 bridgehead atoms. The molecule has 0 aliphatic heterocycles. The van der Waals surface area contributed by atoms with Crippen molar-refractivity contribution in [3.63, 3.8) is 0 Å². The van der Waals surface area contributed by atoms with Crippen LogP contribution in [0.4, 0.5) is 0 Å². The largest absolute Gasteiger partial charge is 0.0892 e. The minimum absolute atomic E-state index is 1.10. The number of hydrogen-bond acceptors (Lipinski definition) is 0. The van der Waals surface area contributed by atoms with Crippen molar-refractivity contribution in [2.75, 3.05) is 0 Å². The minimum Gasteiger partial charge on any atom is -0.0892 e. The average molecular weight is 203 g/mol. The fourth-order valence-corrected chi connectivity index (χ4v) is 2.18. The number of rotatable bonds is 3. The van der Waals surface area contributed by atoms with Crippen LogP contribution in [0.2, 0.25) is 0 Å². The molecule has 66 valence electrons. The zero-order valence-electron chi connectivity index (χ0n) is 7.00. The summed E-state index contributed by atoms with van der Waals surface area (Å²) in [5, 5.41) is 2.21. The summed E-state index contributed by atoms with van der Waals surface area (Å²) in [5.74, 6) is 0. The van der Waals surface area contributed by atoms with Crippen LogP contribution in [0.1, 0.15) is 38.5 Å². The summed E-state index contributed by atoms with van der Waals surface area (Å²) in [6.07, 6.45) is 6.91. The van der Waals surface area contributed by atoms with E-state index in [1.54, 1.807) is 0 Å². The van der Waals surface area contributed by atoms with Crippen molar-refractivity contribution in [3.05, 3.63) is 21.2 Å². The number of hydrogen-bond donors (Lipinski definition) is 0. The summed E-state index contributed by atoms with van der Waals surface area (Å²) in [6.45, 7) is 0. The van der Waals surface area contributed by atoms with Crippen molar-refractivity contribution in [1.29, 1.82) is 0 Å². The number of allylic oxidation sites excluding steroid dienone is 4. The Morgan fingerprint density at radius 2 is 1.17 bits per heavy atom. The van der Waals surface area contributed by atoms with Gasteiger partial charge in [-0.25, -0.2) is 0 Å². The molecule has 0 unspecified atom stereocenters. The van der Waals surface area contributed by atoms with E-state index in [-0.39, 0.29) is 0 Å². The van der Waals surface area contributed by atoms with E-state index in [0.29, 0.717) is 0 Å². The van der Waals surface area contributed by atoms with Crippen LogP contribution in [0.5, 0.6) is 0 Å². The zero-order chi connectivity index (χ0) is 8.55. The van der Waals surface area contributed by atoms with Gasteiger partial charge in [0.15, 0.2) is 0 Å². The first kappa shape index (κ1) is 8.65. The molecule has 0 heterocycles. The summed E-state index contributed by atoms with van der Waals surface area (Å²) >= 11 is 11.9. The first-order valence-corrected chi connectivity index (χ1v) is 5.26. The van der Waals surface area contributed by atoms with Gasteiger partial charge in [0.05, 0.1) is 0 Å². The molecule has 2 aliphatic carbocycles. The Morgan fingerprint density at radius 1 is 0.750 bits per heavy atom. The Bertz CT molecular complexity index is 233. The van der Waals surface area contributed by atoms with Gasteiger partial charge in [0, 0.05) is 10.1 Å². The monoisotopic (exact) mass is 202 g/mol. The lowest BCUT2D eigenvalue weighted by atomic mass is 9.88. The topological polar surface area (TPSA) is 0 Å². The van der Waals surface area contributed by atoms with Crippen LogP contribution in [-0.4, -0.2) is 0 Å². The van der Waals surface area contributed by atoms with Crippen LogP contribution in [0.3, 0.4) is 0 Å². The lowest BCUT2D eigenvalue weighted by Gasteiger charge is -2.23. The molecule has 0 nitrogen and oxygen atoms in total. The predicted octanol–water partition coefficient (Wildman–Crippen LogP) is 4.34. The highest BCUT2D eigenvalue weighted by molar-refractivity contribution is 6.31. The van der Waals surface area contributed by atoms with Gasteiger partial charge in [0.25, 0.3) is 0 Å². The molecule has 2 heteroatoms. The molecule has 0 aromatic heterocycles. The molecule has 0 amide bonds. The summed E-state index contributed by atoms with van der Waals surface area (Å²) in [7, 11) is 0. The second kappa shape index (κ2) is 3.43. The number of halogens is 2. The zero-order valence-corrected chi connectivity index (χ0v) is 8.51.